The molecule has 6 rings (SSSR count). The van der Waals surface area contributed by atoms with Crippen LogP contribution in [0.25, 0.3) is 33.8 Å². The highest BCUT2D eigenvalue weighted by atomic mass is 35.5. The molecule has 2 fully saturated rings. The minimum absolute atomic E-state index is 0.0283. The zero-order chi connectivity index (χ0) is 27.3. The van der Waals surface area contributed by atoms with Crippen molar-refractivity contribution in [1.82, 2.24) is 29.7 Å². The summed E-state index contributed by atoms with van der Waals surface area (Å²) in [5, 5.41) is 4.40. The van der Waals surface area contributed by atoms with E-state index >= 15 is 0 Å². The van der Waals surface area contributed by atoms with Crippen molar-refractivity contribution >= 4 is 28.6 Å². The first-order valence-electron chi connectivity index (χ1n) is 13.7. The number of morpholine rings is 1. The average Bonchev–Trinajstić information content (AvgIpc) is 3.50. The number of nitrogens with one attached hydrogen (secondary N) is 1. The number of pyridine rings is 2. The van der Waals surface area contributed by atoms with Crippen LogP contribution in [-0.4, -0.2) is 54.5 Å². The summed E-state index contributed by atoms with van der Waals surface area (Å²) in [6, 6.07) is 3.72. The molecule has 5 heterocycles. The smallest absolute Gasteiger partial charge is 0.374 e. The maximum absolute atomic E-state index is 11.8. The summed E-state index contributed by atoms with van der Waals surface area (Å²) in [5.74, 6) is 1.81. The third-order valence-corrected chi connectivity index (χ3v) is 8.76. The zero-order valence-corrected chi connectivity index (χ0v) is 23.5. The minimum atomic E-state index is -0.639. The van der Waals surface area contributed by atoms with E-state index in [1.54, 1.807) is 12.4 Å². The first kappa shape index (κ1) is 26.0. The predicted molar refractivity (Wildman–Crippen MR) is 150 cm³/mol. The normalized spacial score (nSPS) is 23.4. The molecule has 39 heavy (non-hydrogen) atoms. The predicted octanol–water partition coefficient (Wildman–Crippen LogP) is 5.32. The molecule has 4 aromatic rings. The van der Waals surface area contributed by atoms with Crippen LogP contribution >= 0.6 is 11.6 Å². The number of imidazole rings is 1. The monoisotopic (exact) mass is 551 g/mol. The van der Waals surface area contributed by atoms with Gasteiger partial charge in [0.15, 0.2) is 0 Å². The van der Waals surface area contributed by atoms with Crippen molar-refractivity contribution in [2.75, 3.05) is 18.1 Å². The number of fused-ring (bicyclic) bond motifs is 1. The largest absolute Gasteiger partial charge is 0.439 e. The van der Waals surface area contributed by atoms with E-state index in [2.05, 4.69) is 52.3 Å². The lowest BCUT2D eigenvalue weighted by atomic mass is 9.83. The standard InChI is InChI=1S/C28H34ClN7O3/c1-16-5-7-18(8-6-16)15-35-24-21(32-26(35)36-9-10-38-17(2)28(36,3)4)12-22(25-33-27(37)39-34-25)31-23(24)19-11-20(29)14-30-13-19/h11-14,16-18H,5-10,15H2,1-4H3,(H,33,34,37)/t16-,17?,18-. The number of H-pyrrole nitrogens is 1. The Morgan fingerprint density at radius 2 is 1.92 bits per heavy atom. The van der Waals surface area contributed by atoms with Crippen LogP contribution in [-0.2, 0) is 11.3 Å². The van der Waals surface area contributed by atoms with Crippen molar-refractivity contribution in [3.63, 3.8) is 0 Å². The average molecular weight is 552 g/mol. The minimum Gasteiger partial charge on any atom is -0.374 e. The second-order valence-electron chi connectivity index (χ2n) is 11.5. The van der Waals surface area contributed by atoms with Gasteiger partial charge in [-0.15, -0.1) is 0 Å². The third-order valence-electron chi connectivity index (χ3n) is 8.56. The molecule has 2 aliphatic rings. The van der Waals surface area contributed by atoms with Crippen LogP contribution in [0.4, 0.5) is 5.95 Å². The maximum atomic E-state index is 11.8. The van der Waals surface area contributed by atoms with Gasteiger partial charge in [-0.05, 0) is 57.6 Å². The molecule has 1 saturated carbocycles. The first-order chi connectivity index (χ1) is 18.7. The van der Waals surface area contributed by atoms with Crippen LogP contribution in [0.3, 0.4) is 0 Å². The quantitative estimate of drug-likeness (QED) is 0.354. The highest BCUT2D eigenvalue weighted by Crippen LogP contribution is 2.39. The Morgan fingerprint density at radius 1 is 1.13 bits per heavy atom. The van der Waals surface area contributed by atoms with Gasteiger partial charge in [0.05, 0.1) is 40.0 Å². The Kier molecular flexibility index (Phi) is 6.71. The van der Waals surface area contributed by atoms with Gasteiger partial charge in [-0.25, -0.2) is 14.8 Å². The number of halogens is 1. The van der Waals surface area contributed by atoms with Crippen molar-refractivity contribution < 1.29 is 9.26 Å². The van der Waals surface area contributed by atoms with Crippen LogP contribution in [0, 0.1) is 11.8 Å². The summed E-state index contributed by atoms with van der Waals surface area (Å²) < 4.78 is 13.2. The summed E-state index contributed by atoms with van der Waals surface area (Å²) in [4.78, 5) is 31.3. The molecule has 11 heteroatoms. The number of aromatic nitrogens is 6. The van der Waals surface area contributed by atoms with E-state index in [0.717, 1.165) is 41.6 Å². The van der Waals surface area contributed by atoms with E-state index in [-0.39, 0.29) is 17.5 Å². The maximum Gasteiger partial charge on any atom is 0.439 e. The fourth-order valence-corrected chi connectivity index (χ4v) is 6.06. The molecule has 0 spiro atoms. The van der Waals surface area contributed by atoms with Gasteiger partial charge in [0, 0.05) is 31.0 Å². The van der Waals surface area contributed by atoms with Crippen LogP contribution in [0.15, 0.2) is 33.8 Å². The van der Waals surface area contributed by atoms with Gasteiger partial charge in [-0.1, -0.05) is 36.5 Å². The molecule has 1 aliphatic carbocycles. The summed E-state index contributed by atoms with van der Waals surface area (Å²) in [5.41, 5.74) is 3.30. The van der Waals surface area contributed by atoms with Crippen molar-refractivity contribution in [1.29, 1.82) is 0 Å². The lowest BCUT2D eigenvalue weighted by molar-refractivity contribution is -0.00743. The molecule has 0 bridgehead atoms. The Balaban J connectivity index is 1.60. The topological polar surface area (TPSA) is 115 Å². The van der Waals surface area contributed by atoms with Gasteiger partial charge in [0.25, 0.3) is 0 Å². The molecule has 10 nitrogen and oxygen atoms in total. The number of hydrogen-bond donors (Lipinski definition) is 1. The Hall–Kier alpha value is -3.24. The SMILES string of the molecule is CC1OCCN(c2nc3cc(-c4noc(=O)[nH]4)nc(-c4cncc(Cl)c4)c3n2C[C@H]2CC[C@H](C)CC2)C1(C)C. The highest BCUT2D eigenvalue weighted by Gasteiger charge is 2.40. The van der Waals surface area contributed by atoms with Gasteiger partial charge in [-0.2, -0.15) is 0 Å². The molecule has 0 amide bonds. The highest BCUT2D eigenvalue weighted by molar-refractivity contribution is 6.30. The molecule has 1 N–H and O–H groups in total. The molecular formula is C28H34ClN7O3. The molecule has 206 valence electrons. The van der Waals surface area contributed by atoms with Crippen molar-refractivity contribution in [2.45, 2.75) is 71.6 Å². The number of anilines is 1. The van der Waals surface area contributed by atoms with Crippen molar-refractivity contribution in [3.8, 4) is 22.8 Å². The Morgan fingerprint density at radius 3 is 2.64 bits per heavy atom. The van der Waals surface area contributed by atoms with Gasteiger partial charge in [0.1, 0.15) is 5.69 Å². The number of aromatic amines is 1. The lowest BCUT2D eigenvalue weighted by Crippen LogP contribution is -2.58. The lowest BCUT2D eigenvalue weighted by Gasteiger charge is -2.47. The third kappa shape index (κ3) is 4.84. The van der Waals surface area contributed by atoms with Crippen molar-refractivity contribution in [2.24, 2.45) is 11.8 Å². The van der Waals surface area contributed by atoms with Gasteiger partial charge in [0.2, 0.25) is 11.8 Å². The van der Waals surface area contributed by atoms with Gasteiger partial charge in [-0.3, -0.25) is 14.5 Å². The molecule has 1 saturated heterocycles. The first-order valence-corrected chi connectivity index (χ1v) is 14.1. The Labute approximate surface area is 231 Å². The van der Waals surface area contributed by atoms with E-state index in [9.17, 15) is 4.79 Å². The second kappa shape index (κ2) is 10.1. The zero-order valence-electron chi connectivity index (χ0n) is 22.8. The molecule has 0 radical (unpaired) electrons. The van der Waals surface area contributed by atoms with Crippen LogP contribution < -0.4 is 10.7 Å². The van der Waals surface area contributed by atoms with Crippen LogP contribution in [0.1, 0.15) is 53.4 Å². The molecule has 1 aliphatic heterocycles. The molecule has 0 aromatic carbocycles. The van der Waals surface area contributed by atoms with E-state index in [4.69, 9.17) is 30.8 Å². The van der Waals surface area contributed by atoms with Crippen LogP contribution in [0.5, 0.6) is 0 Å². The van der Waals surface area contributed by atoms with Gasteiger partial charge >= 0.3 is 5.76 Å². The van der Waals surface area contributed by atoms with Crippen LogP contribution in [0.2, 0.25) is 5.02 Å². The molecule has 1 unspecified atom stereocenters. The summed E-state index contributed by atoms with van der Waals surface area (Å²) in [7, 11) is 0. The number of ether oxygens (including phenoxy) is 1. The van der Waals surface area contributed by atoms with Crippen molar-refractivity contribution in [3.05, 3.63) is 40.1 Å². The van der Waals surface area contributed by atoms with E-state index < -0.39 is 5.76 Å². The molecule has 1 atom stereocenters. The van der Waals surface area contributed by atoms with E-state index in [1.807, 2.05) is 12.1 Å². The molecular weight excluding hydrogens is 518 g/mol. The Bertz CT molecular complexity index is 1550. The number of hydrogen-bond acceptors (Lipinski definition) is 8. The summed E-state index contributed by atoms with van der Waals surface area (Å²) >= 11 is 6.39. The summed E-state index contributed by atoms with van der Waals surface area (Å²) in [6.07, 6.45) is 8.22. The fourth-order valence-electron chi connectivity index (χ4n) is 5.89. The second-order valence-corrected chi connectivity index (χ2v) is 12.0. The molecule has 4 aromatic heterocycles. The van der Waals surface area contributed by atoms with E-state index in [1.165, 1.54) is 25.7 Å². The van der Waals surface area contributed by atoms with E-state index in [0.29, 0.717) is 28.9 Å². The fraction of sp³-hybridized carbons (Fsp3) is 0.536. The number of nitrogens with zero attached hydrogens (tertiary/aromatic N) is 6. The summed E-state index contributed by atoms with van der Waals surface area (Å²) in [6.45, 7) is 11.1. The van der Waals surface area contributed by atoms with Gasteiger partial charge < -0.3 is 14.2 Å². The number of rotatable bonds is 5.